The molecule has 16 heteroatoms. The molecule has 0 saturated carbocycles. The number of rotatable bonds is 4. The second-order valence-corrected chi connectivity index (χ2v) is 7.99. The molecule has 3 aliphatic rings. The van der Waals surface area contributed by atoms with Crippen LogP contribution in [-0.4, -0.2) is 83.4 Å². The Balaban J connectivity index is 0.000000360. The number of nitrogens with zero attached hydrogens (tertiary/aromatic N) is 4. The standard InChI is InChI=1S/C14H15N5O5S.C2HF3O2/c1-18-14(16-10(20)11(21)17-18)25-4-6-2-5-3-15-7-8(5)19(12(7)22)9(6)13(23)24;3-2(4,5)1(6)7/h5,7-8,15H,2-4H2,1H3,(H,17,21)(H,23,24);(H,6,7)/t5-,7+,8-;/m1./s1. The maximum atomic E-state index is 12.2. The van der Waals surface area contributed by atoms with Gasteiger partial charge in [0.25, 0.3) is 5.88 Å². The molecule has 32 heavy (non-hydrogen) atoms. The van der Waals surface area contributed by atoms with Crippen molar-refractivity contribution in [3.05, 3.63) is 21.6 Å². The van der Waals surface area contributed by atoms with E-state index in [4.69, 9.17) is 9.90 Å². The number of aryl methyl sites for hydroxylation is 1. The minimum absolute atomic E-state index is 0.0374. The molecule has 2 saturated heterocycles. The fourth-order valence-electron chi connectivity index (χ4n) is 3.73. The Morgan fingerprint density at radius 1 is 1.28 bits per heavy atom. The number of thioether (sulfide) groups is 1. The molecule has 3 atom stereocenters. The summed E-state index contributed by atoms with van der Waals surface area (Å²) < 4.78 is 33.0. The number of aliphatic carboxylic acids is 2. The molecule has 174 valence electrons. The van der Waals surface area contributed by atoms with Crippen molar-refractivity contribution in [1.29, 1.82) is 0 Å². The summed E-state index contributed by atoms with van der Waals surface area (Å²) in [5, 5.41) is 33.0. The van der Waals surface area contributed by atoms with Gasteiger partial charge in [0.2, 0.25) is 5.91 Å². The second kappa shape index (κ2) is 8.42. The molecule has 4 heterocycles. The van der Waals surface area contributed by atoms with Crippen LogP contribution in [0.25, 0.3) is 0 Å². The zero-order chi connectivity index (χ0) is 24.0. The minimum atomic E-state index is -5.08. The molecule has 0 aliphatic carbocycles. The van der Waals surface area contributed by atoms with Gasteiger partial charge in [-0.2, -0.15) is 18.2 Å². The van der Waals surface area contributed by atoms with Gasteiger partial charge in [-0.25, -0.2) is 14.3 Å². The van der Waals surface area contributed by atoms with Crippen molar-refractivity contribution < 1.29 is 42.9 Å². The topological polar surface area (TPSA) is 175 Å². The van der Waals surface area contributed by atoms with E-state index >= 15 is 0 Å². The first-order valence-electron chi connectivity index (χ1n) is 8.92. The number of carbonyl (C=O) groups is 3. The van der Waals surface area contributed by atoms with Crippen LogP contribution < -0.4 is 10.9 Å². The van der Waals surface area contributed by atoms with Crippen LogP contribution in [0.4, 0.5) is 13.2 Å². The fraction of sp³-hybridized carbons (Fsp3) is 0.500. The number of nitrogens with one attached hydrogen (secondary N) is 1. The molecule has 2 fully saturated rings. The lowest BCUT2D eigenvalue weighted by Crippen LogP contribution is -2.68. The van der Waals surface area contributed by atoms with E-state index in [0.717, 1.165) is 11.8 Å². The van der Waals surface area contributed by atoms with Gasteiger partial charge in [-0.3, -0.25) is 14.5 Å². The van der Waals surface area contributed by atoms with Crippen molar-refractivity contribution in [2.75, 3.05) is 12.3 Å². The third kappa shape index (κ3) is 4.27. The zero-order valence-electron chi connectivity index (χ0n) is 16.2. The molecule has 4 N–H and O–H groups in total. The normalized spacial score (nSPS) is 23.8. The smallest absolute Gasteiger partial charge is 0.488 e. The van der Waals surface area contributed by atoms with E-state index in [1.54, 1.807) is 0 Å². The number of alkyl halides is 3. The van der Waals surface area contributed by atoms with Crippen LogP contribution >= 0.6 is 11.8 Å². The van der Waals surface area contributed by atoms with E-state index in [2.05, 4.69) is 15.4 Å². The van der Waals surface area contributed by atoms with Gasteiger partial charge in [0.1, 0.15) is 11.7 Å². The molecule has 0 unspecified atom stereocenters. The first kappa shape index (κ1) is 23.5. The molecule has 12 nitrogen and oxygen atoms in total. The van der Waals surface area contributed by atoms with Crippen LogP contribution in [-0.2, 0) is 21.4 Å². The highest BCUT2D eigenvalue weighted by Gasteiger charge is 2.59. The number of β-lactam (4-membered cyclic amide) rings is 1. The van der Waals surface area contributed by atoms with Gasteiger partial charge in [-0.1, -0.05) is 11.8 Å². The van der Waals surface area contributed by atoms with Crippen LogP contribution in [0.3, 0.4) is 0 Å². The summed E-state index contributed by atoms with van der Waals surface area (Å²) >= 11 is 1.15. The lowest BCUT2D eigenvalue weighted by atomic mass is 9.80. The van der Waals surface area contributed by atoms with Gasteiger partial charge in [0, 0.05) is 19.3 Å². The number of carbonyl (C=O) groups excluding carboxylic acids is 1. The highest BCUT2D eigenvalue weighted by Crippen LogP contribution is 2.44. The number of carboxylic acid groups (broad SMARTS) is 2. The van der Waals surface area contributed by atoms with E-state index in [-0.39, 0.29) is 40.5 Å². The van der Waals surface area contributed by atoms with E-state index < -0.39 is 29.6 Å². The third-order valence-corrected chi connectivity index (χ3v) is 6.15. The summed E-state index contributed by atoms with van der Waals surface area (Å²) in [5.74, 6) is -4.32. The Hall–Kier alpha value is -3.14. The van der Waals surface area contributed by atoms with Crippen LogP contribution in [0, 0.1) is 5.92 Å². The van der Waals surface area contributed by atoms with Crippen molar-refractivity contribution in [3.8, 4) is 5.88 Å². The monoisotopic (exact) mass is 479 g/mol. The van der Waals surface area contributed by atoms with E-state index in [9.17, 15) is 37.8 Å². The lowest BCUT2D eigenvalue weighted by molar-refractivity contribution is -0.192. The Morgan fingerprint density at radius 2 is 1.91 bits per heavy atom. The molecule has 4 rings (SSSR count). The highest BCUT2D eigenvalue weighted by atomic mass is 32.2. The van der Waals surface area contributed by atoms with Crippen LogP contribution in [0.1, 0.15) is 6.42 Å². The summed E-state index contributed by atoms with van der Waals surface area (Å²) in [4.78, 5) is 49.4. The summed E-state index contributed by atoms with van der Waals surface area (Å²) in [6, 6.07) is -0.345. The molecule has 0 bridgehead atoms. The summed E-state index contributed by atoms with van der Waals surface area (Å²) in [7, 11) is 1.53. The summed E-state index contributed by atoms with van der Waals surface area (Å²) in [5.41, 5.74) is -0.162. The number of aromatic hydroxyl groups is 1. The fourth-order valence-corrected chi connectivity index (χ4v) is 4.66. The highest BCUT2D eigenvalue weighted by molar-refractivity contribution is 7.99. The first-order valence-corrected chi connectivity index (χ1v) is 9.90. The van der Waals surface area contributed by atoms with Crippen molar-refractivity contribution in [3.63, 3.8) is 0 Å². The minimum Gasteiger partial charge on any atom is -0.488 e. The van der Waals surface area contributed by atoms with Gasteiger partial charge in [0.05, 0.1) is 6.04 Å². The molecule has 1 amide bonds. The Morgan fingerprint density at radius 3 is 2.47 bits per heavy atom. The zero-order valence-corrected chi connectivity index (χ0v) is 17.0. The predicted molar refractivity (Wildman–Crippen MR) is 98.5 cm³/mol. The molecule has 0 radical (unpaired) electrons. The quantitative estimate of drug-likeness (QED) is 0.313. The van der Waals surface area contributed by atoms with E-state index in [0.29, 0.717) is 18.5 Å². The van der Waals surface area contributed by atoms with E-state index in [1.807, 2.05) is 0 Å². The maximum absolute atomic E-state index is 12.2. The van der Waals surface area contributed by atoms with Gasteiger partial charge in [-0.15, -0.1) is 5.10 Å². The largest absolute Gasteiger partial charge is 0.490 e. The second-order valence-electron chi connectivity index (χ2n) is 7.04. The summed E-state index contributed by atoms with van der Waals surface area (Å²) in [6.45, 7) is 0.677. The Labute approximate surface area is 180 Å². The molecular formula is C16H16F3N5O7S. The number of hydrogen-bond acceptors (Lipinski definition) is 9. The Kier molecular flexibility index (Phi) is 6.19. The molecule has 0 aromatic carbocycles. The first-order chi connectivity index (χ1) is 14.8. The number of aromatic nitrogens is 3. The van der Waals surface area contributed by atoms with Gasteiger partial charge in [-0.05, 0) is 17.9 Å². The van der Waals surface area contributed by atoms with Crippen molar-refractivity contribution >= 4 is 29.6 Å². The average Bonchev–Trinajstić information content (AvgIpc) is 3.09. The van der Waals surface area contributed by atoms with Crippen molar-refractivity contribution in [2.24, 2.45) is 13.0 Å². The van der Waals surface area contributed by atoms with E-state index in [1.165, 1.54) is 16.6 Å². The Bertz CT molecular complexity index is 1070. The van der Waals surface area contributed by atoms with Crippen LogP contribution in [0.5, 0.6) is 5.88 Å². The third-order valence-electron chi connectivity index (χ3n) is 5.04. The molecule has 3 aliphatic heterocycles. The lowest BCUT2D eigenvalue weighted by Gasteiger charge is -2.48. The van der Waals surface area contributed by atoms with Crippen molar-refractivity contribution in [1.82, 2.24) is 25.0 Å². The number of hydrogen-bond donors (Lipinski definition) is 4. The van der Waals surface area contributed by atoms with Gasteiger partial charge < -0.3 is 20.6 Å². The summed E-state index contributed by atoms with van der Waals surface area (Å²) in [6.07, 6.45) is -4.51. The van der Waals surface area contributed by atoms with Crippen molar-refractivity contribution in [2.45, 2.75) is 29.8 Å². The molecular weight excluding hydrogens is 463 g/mol. The van der Waals surface area contributed by atoms with Crippen LogP contribution in [0.2, 0.25) is 0 Å². The predicted octanol–water partition coefficient (Wildman–Crippen LogP) is -0.852. The van der Waals surface area contributed by atoms with Gasteiger partial charge >= 0.3 is 23.7 Å². The number of amides is 1. The number of halogens is 3. The van der Waals surface area contributed by atoms with Crippen LogP contribution in [0.15, 0.2) is 21.2 Å². The molecule has 1 aromatic rings. The number of carboxylic acids is 2. The SMILES string of the molecule is Cn1nc(O)c(=O)nc1SCC1=C(C(=O)O)N2C(=O)[C@H]3NC[C@@H](C1)[C@H]32.O=C(O)C(F)(F)F. The molecule has 0 spiro atoms. The van der Waals surface area contributed by atoms with Gasteiger partial charge in [0.15, 0.2) is 5.16 Å². The average molecular weight is 479 g/mol. The molecule has 1 aromatic heterocycles. The maximum Gasteiger partial charge on any atom is 0.490 e.